The Morgan fingerprint density at radius 1 is 1.09 bits per heavy atom. The molecule has 0 saturated carbocycles. The molecule has 6 nitrogen and oxygen atoms in total. The molecule has 0 unspecified atom stereocenters. The lowest BCUT2D eigenvalue weighted by Gasteiger charge is -2.14. The second-order valence-electron chi connectivity index (χ2n) is 8.64. The van der Waals surface area contributed by atoms with Crippen molar-refractivity contribution in [3.05, 3.63) is 70.1 Å². The molecule has 0 fully saturated rings. The number of hydrogen-bond acceptors (Lipinski definition) is 4. The van der Waals surface area contributed by atoms with Gasteiger partial charge in [-0.2, -0.15) is 0 Å². The molecule has 0 atom stereocenters. The number of fused-ring (bicyclic) bond motifs is 2. The van der Waals surface area contributed by atoms with Crippen LogP contribution in [0.25, 0.3) is 22.3 Å². The minimum Gasteiger partial charge on any atom is -0.326 e. The van der Waals surface area contributed by atoms with Gasteiger partial charge in [0.05, 0.1) is 17.0 Å². The zero-order valence-electron chi connectivity index (χ0n) is 18.9. The van der Waals surface area contributed by atoms with Gasteiger partial charge in [-0.15, -0.1) is 10.2 Å². The molecule has 0 saturated heterocycles. The van der Waals surface area contributed by atoms with Crippen molar-refractivity contribution >= 4 is 34.1 Å². The summed E-state index contributed by atoms with van der Waals surface area (Å²) in [5.41, 5.74) is 5.36. The molecular weight excluding hydrogens is 434 g/mol. The highest BCUT2D eigenvalue weighted by Gasteiger charge is 2.19. The Morgan fingerprint density at radius 2 is 1.94 bits per heavy atom. The summed E-state index contributed by atoms with van der Waals surface area (Å²) >= 11 is 6.53. The van der Waals surface area contributed by atoms with Crippen molar-refractivity contribution in [3.63, 3.8) is 0 Å². The fourth-order valence-corrected chi connectivity index (χ4v) is 4.86. The number of aryl methyl sites for hydroxylation is 3. The largest absolute Gasteiger partial charge is 0.326 e. The molecule has 4 aromatic rings. The first-order valence-corrected chi connectivity index (χ1v) is 11.8. The number of benzene rings is 2. The van der Waals surface area contributed by atoms with Gasteiger partial charge in [0, 0.05) is 35.3 Å². The van der Waals surface area contributed by atoms with Crippen molar-refractivity contribution in [2.45, 2.75) is 52.5 Å². The molecule has 0 bridgehead atoms. The molecule has 1 N–H and O–H groups in total. The van der Waals surface area contributed by atoms with E-state index in [1.807, 2.05) is 43.3 Å². The van der Waals surface area contributed by atoms with Gasteiger partial charge in [-0.25, -0.2) is 0 Å². The highest BCUT2D eigenvalue weighted by molar-refractivity contribution is 6.33. The molecule has 0 radical (unpaired) electrons. The van der Waals surface area contributed by atoms with Crippen molar-refractivity contribution in [2.24, 2.45) is 0 Å². The van der Waals surface area contributed by atoms with Gasteiger partial charge < -0.3 is 9.88 Å². The number of rotatable bonds is 4. The van der Waals surface area contributed by atoms with Gasteiger partial charge >= 0.3 is 0 Å². The number of nitrogens with zero attached hydrogens (tertiary/aromatic N) is 4. The highest BCUT2D eigenvalue weighted by Crippen LogP contribution is 2.31. The van der Waals surface area contributed by atoms with Crippen molar-refractivity contribution in [1.29, 1.82) is 0 Å². The maximum atomic E-state index is 13.0. The van der Waals surface area contributed by atoms with Crippen molar-refractivity contribution in [1.82, 2.24) is 19.7 Å². The third-order valence-electron chi connectivity index (χ3n) is 6.42. The Hall–Kier alpha value is -3.25. The first-order chi connectivity index (χ1) is 16.0. The van der Waals surface area contributed by atoms with E-state index in [1.54, 1.807) is 6.07 Å². The van der Waals surface area contributed by atoms with Gasteiger partial charge in [0.25, 0.3) is 0 Å². The molecular formula is C26H26ClN5O. The number of hydrogen-bond donors (Lipinski definition) is 1. The number of halogens is 1. The minimum atomic E-state index is -0.0911. The lowest BCUT2D eigenvalue weighted by Crippen LogP contribution is -2.16. The van der Waals surface area contributed by atoms with E-state index in [0.29, 0.717) is 10.7 Å². The minimum absolute atomic E-state index is 0.0911. The Kier molecular flexibility index (Phi) is 5.85. The Balaban J connectivity index is 1.40. The van der Waals surface area contributed by atoms with Crippen LogP contribution in [0.1, 0.15) is 41.9 Å². The number of carbonyl (C=O) groups is 1. The van der Waals surface area contributed by atoms with E-state index in [4.69, 9.17) is 11.6 Å². The normalized spacial score (nSPS) is 13.5. The third kappa shape index (κ3) is 4.23. The SMILES string of the molecule is Cc1nc2ccccc2c(C)c1CC(=O)Nc1ccc(Cl)c(-c2nnc3n2CCCCC3)c1. The van der Waals surface area contributed by atoms with Crippen LogP contribution in [0.15, 0.2) is 42.5 Å². The maximum absolute atomic E-state index is 13.0. The predicted octanol–water partition coefficient (Wildman–Crippen LogP) is 5.67. The Bertz CT molecular complexity index is 1360. The molecule has 0 aliphatic carbocycles. The van der Waals surface area contributed by atoms with Gasteiger partial charge in [-0.3, -0.25) is 9.78 Å². The van der Waals surface area contributed by atoms with Gasteiger partial charge in [0.15, 0.2) is 5.82 Å². The second-order valence-corrected chi connectivity index (χ2v) is 9.05. The zero-order valence-corrected chi connectivity index (χ0v) is 19.6. The van der Waals surface area contributed by atoms with Crippen LogP contribution >= 0.6 is 11.6 Å². The number of anilines is 1. The quantitative estimate of drug-likeness (QED) is 0.426. The molecule has 7 heteroatoms. The number of amides is 1. The molecule has 1 aliphatic heterocycles. The summed E-state index contributed by atoms with van der Waals surface area (Å²) in [5.74, 6) is 1.67. The van der Waals surface area contributed by atoms with E-state index in [1.165, 1.54) is 6.42 Å². The monoisotopic (exact) mass is 459 g/mol. The zero-order chi connectivity index (χ0) is 22.9. The van der Waals surface area contributed by atoms with Crippen LogP contribution in [0, 0.1) is 13.8 Å². The fraction of sp³-hybridized carbons (Fsp3) is 0.308. The molecule has 33 heavy (non-hydrogen) atoms. The van der Waals surface area contributed by atoms with Crippen LogP contribution < -0.4 is 5.32 Å². The molecule has 168 valence electrons. The summed E-state index contributed by atoms with van der Waals surface area (Å²) < 4.78 is 2.16. The Morgan fingerprint density at radius 3 is 2.82 bits per heavy atom. The lowest BCUT2D eigenvalue weighted by atomic mass is 9.99. The van der Waals surface area contributed by atoms with Crippen LogP contribution in [-0.2, 0) is 24.2 Å². The van der Waals surface area contributed by atoms with Crippen LogP contribution in [0.4, 0.5) is 5.69 Å². The summed E-state index contributed by atoms with van der Waals surface area (Å²) in [4.78, 5) is 17.7. The maximum Gasteiger partial charge on any atom is 0.228 e. The summed E-state index contributed by atoms with van der Waals surface area (Å²) in [6.07, 6.45) is 4.61. The predicted molar refractivity (Wildman–Crippen MR) is 132 cm³/mol. The molecule has 0 spiro atoms. The van der Waals surface area contributed by atoms with E-state index in [-0.39, 0.29) is 12.3 Å². The summed E-state index contributed by atoms with van der Waals surface area (Å²) in [6, 6.07) is 13.5. The van der Waals surface area contributed by atoms with Crippen LogP contribution in [0.3, 0.4) is 0 Å². The fourth-order valence-electron chi connectivity index (χ4n) is 4.66. The molecule has 5 rings (SSSR count). The van der Waals surface area contributed by atoms with Gasteiger partial charge in [-0.05, 0) is 62.1 Å². The second kappa shape index (κ2) is 8.94. The Labute approximate surface area is 198 Å². The van der Waals surface area contributed by atoms with Gasteiger partial charge in [0.1, 0.15) is 5.82 Å². The molecule has 1 amide bonds. The van der Waals surface area contributed by atoms with E-state index in [0.717, 1.165) is 70.7 Å². The number of para-hydroxylation sites is 1. The highest BCUT2D eigenvalue weighted by atomic mass is 35.5. The van der Waals surface area contributed by atoms with Crippen molar-refractivity contribution in [3.8, 4) is 11.4 Å². The molecule has 1 aliphatic rings. The van der Waals surface area contributed by atoms with Crippen LogP contribution in [0.2, 0.25) is 5.02 Å². The molecule has 2 aromatic carbocycles. The first kappa shape index (κ1) is 21.6. The molecule has 2 aromatic heterocycles. The standard InChI is InChI=1S/C26H26ClN5O/c1-16-19-8-5-6-9-23(19)28-17(2)20(16)15-25(33)29-18-11-12-22(27)21(14-18)26-31-30-24-10-4-3-7-13-32(24)26/h5-6,8-9,11-12,14H,3-4,7,10,13,15H2,1-2H3,(H,29,33). The van der Waals surface area contributed by atoms with E-state index >= 15 is 0 Å². The van der Waals surface area contributed by atoms with Crippen molar-refractivity contribution in [2.75, 3.05) is 5.32 Å². The van der Waals surface area contributed by atoms with Gasteiger partial charge in [0.2, 0.25) is 5.91 Å². The first-order valence-electron chi connectivity index (χ1n) is 11.4. The van der Waals surface area contributed by atoms with Crippen LogP contribution in [-0.4, -0.2) is 25.7 Å². The number of nitrogens with one attached hydrogen (secondary N) is 1. The van der Waals surface area contributed by atoms with Crippen molar-refractivity contribution < 1.29 is 4.79 Å². The average molecular weight is 460 g/mol. The van der Waals surface area contributed by atoms with E-state index in [9.17, 15) is 4.79 Å². The van der Waals surface area contributed by atoms with E-state index < -0.39 is 0 Å². The average Bonchev–Trinajstić information content (AvgIpc) is 3.05. The third-order valence-corrected chi connectivity index (χ3v) is 6.75. The molecule has 3 heterocycles. The van der Waals surface area contributed by atoms with Crippen LogP contribution in [0.5, 0.6) is 0 Å². The van der Waals surface area contributed by atoms with E-state index in [2.05, 4.69) is 32.0 Å². The summed E-state index contributed by atoms with van der Waals surface area (Å²) in [7, 11) is 0. The topological polar surface area (TPSA) is 72.7 Å². The number of aromatic nitrogens is 4. The summed E-state index contributed by atoms with van der Waals surface area (Å²) in [5, 5.41) is 13.5. The number of carbonyl (C=O) groups excluding carboxylic acids is 1. The smallest absolute Gasteiger partial charge is 0.228 e. The summed E-state index contributed by atoms with van der Waals surface area (Å²) in [6.45, 7) is 4.90. The lowest BCUT2D eigenvalue weighted by molar-refractivity contribution is -0.115. The number of pyridine rings is 1. The van der Waals surface area contributed by atoms with Gasteiger partial charge in [-0.1, -0.05) is 36.2 Å².